The summed E-state index contributed by atoms with van der Waals surface area (Å²) < 4.78 is 4.64. The Morgan fingerprint density at radius 3 is 2.38 bits per heavy atom. The molecule has 0 aromatic heterocycles. The smallest absolute Gasteiger partial charge is 0.337 e. The maximum atomic E-state index is 11.2. The average molecular weight is 218 g/mol. The highest BCUT2D eigenvalue weighted by atomic mass is 16.5. The predicted octanol–water partition coefficient (Wildman–Crippen LogP) is 3.37. The predicted molar refractivity (Wildman–Crippen MR) is 65.5 cm³/mol. The van der Waals surface area contributed by atoms with Crippen molar-refractivity contribution in [3.8, 4) is 0 Å². The van der Waals surface area contributed by atoms with Gasteiger partial charge in [0.25, 0.3) is 0 Å². The highest BCUT2D eigenvalue weighted by Gasteiger charge is 2.03. The van der Waals surface area contributed by atoms with E-state index in [0.29, 0.717) is 5.56 Å². The third-order valence-corrected chi connectivity index (χ3v) is 2.36. The minimum Gasteiger partial charge on any atom is -0.465 e. The molecule has 1 aromatic rings. The molecule has 16 heavy (non-hydrogen) atoms. The second-order valence-corrected chi connectivity index (χ2v) is 4.01. The largest absolute Gasteiger partial charge is 0.465 e. The van der Waals surface area contributed by atoms with E-state index in [-0.39, 0.29) is 5.97 Å². The number of methoxy groups -OCH3 is 1. The van der Waals surface area contributed by atoms with E-state index in [9.17, 15) is 4.79 Å². The minimum absolute atomic E-state index is 0.282. The molecule has 0 N–H and O–H groups in total. The molecular formula is C14H18O2. The Bertz CT molecular complexity index is 370. The van der Waals surface area contributed by atoms with Crippen LogP contribution in [0.5, 0.6) is 0 Å². The van der Waals surface area contributed by atoms with Gasteiger partial charge in [-0.2, -0.15) is 0 Å². The Hall–Kier alpha value is -1.57. The molecule has 86 valence electrons. The number of allylic oxidation sites excluding steroid dienone is 2. The van der Waals surface area contributed by atoms with E-state index in [1.54, 1.807) is 0 Å². The van der Waals surface area contributed by atoms with Crippen LogP contribution >= 0.6 is 0 Å². The van der Waals surface area contributed by atoms with E-state index in [2.05, 4.69) is 24.7 Å². The van der Waals surface area contributed by atoms with Gasteiger partial charge in [0.15, 0.2) is 0 Å². The zero-order valence-electron chi connectivity index (χ0n) is 10.1. The lowest BCUT2D eigenvalue weighted by Crippen LogP contribution is -2.00. The SMILES string of the molecule is COC(=O)c1ccc(CCC=C(C)C)cc1. The molecule has 0 radical (unpaired) electrons. The maximum Gasteiger partial charge on any atom is 0.337 e. The highest BCUT2D eigenvalue weighted by molar-refractivity contribution is 5.89. The highest BCUT2D eigenvalue weighted by Crippen LogP contribution is 2.08. The van der Waals surface area contributed by atoms with Crippen LogP contribution in [-0.2, 0) is 11.2 Å². The number of aryl methyl sites for hydroxylation is 1. The van der Waals surface area contributed by atoms with Gasteiger partial charge in [0.1, 0.15) is 0 Å². The molecule has 0 spiro atoms. The molecular weight excluding hydrogens is 200 g/mol. The number of ether oxygens (including phenoxy) is 1. The topological polar surface area (TPSA) is 26.3 Å². The van der Waals surface area contributed by atoms with Crippen molar-refractivity contribution < 1.29 is 9.53 Å². The summed E-state index contributed by atoms with van der Waals surface area (Å²) in [6.45, 7) is 4.20. The summed E-state index contributed by atoms with van der Waals surface area (Å²) in [5, 5.41) is 0. The second kappa shape index (κ2) is 6.11. The molecule has 0 heterocycles. The van der Waals surface area contributed by atoms with Crippen LogP contribution in [0.4, 0.5) is 0 Å². The van der Waals surface area contributed by atoms with Crippen molar-refractivity contribution in [2.75, 3.05) is 7.11 Å². The van der Waals surface area contributed by atoms with Crippen LogP contribution < -0.4 is 0 Å². The van der Waals surface area contributed by atoms with Crippen LogP contribution in [0.15, 0.2) is 35.9 Å². The lowest BCUT2D eigenvalue weighted by atomic mass is 10.1. The monoisotopic (exact) mass is 218 g/mol. The molecule has 1 rings (SSSR count). The van der Waals surface area contributed by atoms with Crippen molar-refractivity contribution in [3.63, 3.8) is 0 Å². The quantitative estimate of drug-likeness (QED) is 0.572. The summed E-state index contributed by atoms with van der Waals surface area (Å²) in [4.78, 5) is 11.2. The first-order valence-corrected chi connectivity index (χ1v) is 5.44. The molecule has 0 saturated heterocycles. The number of rotatable bonds is 4. The van der Waals surface area contributed by atoms with Gasteiger partial charge in [0, 0.05) is 0 Å². The normalized spacial score (nSPS) is 9.69. The Balaban J connectivity index is 2.58. The maximum absolute atomic E-state index is 11.2. The van der Waals surface area contributed by atoms with Gasteiger partial charge in [0.05, 0.1) is 12.7 Å². The van der Waals surface area contributed by atoms with Crippen LogP contribution in [0.3, 0.4) is 0 Å². The van der Waals surface area contributed by atoms with Crippen molar-refractivity contribution in [1.29, 1.82) is 0 Å². The van der Waals surface area contributed by atoms with E-state index in [4.69, 9.17) is 0 Å². The zero-order chi connectivity index (χ0) is 12.0. The molecule has 0 amide bonds. The van der Waals surface area contributed by atoms with Crippen molar-refractivity contribution in [3.05, 3.63) is 47.0 Å². The van der Waals surface area contributed by atoms with Crippen LogP contribution in [0.25, 0.3) is 0 Å². The average Bonchev–Trinajstić information content (AvgIpc) is 2.28. The Morgan fingerprint density at radius 1 is 1.25 bits per heavy atom. The first-order chi connectivity index (χ1) is 7.63. The standard InChI is InChI=1S/C14H18O2/c1-11(2)5-4-6-12-7-9-13(10-8-12)14(15)16-3/h5,7-10H,4,6H2,1-3H3. The molecule has 2 nitrogen and oxygen atoms in total. The van der Waals surface area contributed by atoms with Gasteiger partial charge < -0.3 is 4.74 Å². The minimum atomic E-state index is -0.282. The van der Waals surface area contributed by atoms with Gasteiger partial charge >= 0.3 is 5.97 Å². The van der Waals surface area contributed by atoms with Gasteiger partial charge in [-0.15, -0.1) is 0 Å². The Labute approximate surface area is 96.9 Å². The third-order valence-electron chi connectivity index (χ3n) is 2.36. The number of carbonyl (C=O) groups is 1. The summed E-state index contributed by atoms with van der Waals surface area (Å²) in [6.07, 6.45) is 4.26. The lowest BCUT2D eigenvalue weighted by Gasteiger charge is -2.01. The molecule has 0 aliphatic rings. The van der Waals surface area contributed by atoms with E-state index in [0.717, 1.165) is 12.8 Å². The van der Waals surface area contributed by atoms with Crippen LogP contribution in [0.2, 0.25) is 0 Å². The molecule has 1 aromatic carbocycles. The van der Waals surface area contributed by atoms with Gasteiger partial charge in [-0.05, 0) is 44.4 Å². The van der Waals surface area contributed by atoms with Crippen molar-refractivity contribution in [2.24, 2.45) is 0 Å². The lowest BCUT2D eigenvalue weighted by molar-refractivity contribution is 0.0600. The molecule has 0 atom stereocenters. The van der Waals surface area contributed by atoms with E-state index >= 15 is 0 Å². The van der Waals surface area contributed by atoms with Crippen molar-refractivity contribution in [1.82, 2.24) is 0 Å². The van der Waals surface area contributed by atoms with E-state index in [1.165, 1.54) is 18.2 Å². The van der Waals surface area contributed by atoms with Gasteiger partial charge in [0.2, 0.25) is 0 Å². The fourth-order valence-electron chi connectivity index (χ4n) is 1.45. The summed E-state index contributed by atoms with van der Waals surface area (Å²) in [7, 11) is 1.39. The third kappa shape index (κ3) is 3.89. The van der Waals surface area contributed by atoms with Crippen molar-refractivity contribution >= 4 is 5.97 Å². The number of esters is 1. The molecule has 0 bridgehead atoms. The summed E-state index contributed by atoms with van der Waals surface area (Å²) >= 11 is 0. The van der Waals surface area contributed by atoms with Gasteiger partial charge in [-0.25, -0.2) is 4.79 Å². The molecule has 0 fully saturated rings. The summed E-state index contributed by atoms with van der Waals surface area (Å²) in [6, 6.07) is 7.57. The van der Waals surface area contributed by atoms with Gasteiger partial charge in [-0.3, -0.25) is 0 Å². The van der Waals surface area contributed by atoms with Crippen molar-refractivity contribution in [2.45, 2.75) is 26.7 Å². The first-order valence-electron chi connectivity index (χ1n) is 5.44. The fraction of sp³-hybridized carbons (Fsp3) is 0.357. The molecule has 2 heteroatoms. The van der Waals surface area contributed by atoms with E-state index in [1.807, 2.05) is 24.3 Å². The molecule has 0 aliphatic carbocycles. The number of benzene rings is 1. The van der Waals surface area contributed by atoms with E-state index < -0.39 is 0 Å². The fourth-order valence-corrected chi connectivity index (χ4v) is 1.45. The molecule has 0 unspecified atom stereocenters. The molecule has 0 saturated carbocycles. The van der Waals surface area contributed by atoms with Crippen LogP contribution in [-0.4, -0.2) is 13.1 Å². The first kappa shape index (κ1) is 12.5. The van der Waals surface area contributed by atoms with Crippen LogP contribution in [0.1, 0.15) is 36.2 Å². The zero-order valence-corrected chi connectivity index (χ0v) is 10.1. The number of hydrogen-bond donors (Lipinski definition) is 0. The summed E-state index contributed by atoms with van der Waals surface area (Å²) in [5.41, 5.74) is 3.18. The van der Waals surface area contributed by atoms with Gasteiger partial charge in [-0.1, -0.05) is 23.8 Å². The number of carbonyl (C=O) groups excluding carboxylic acids is 1. The second-order valence-electron chi connectivity index (χ2n) is 4.01. The summed E-state index contributed by atoms with van der Waals surface area (Å²) in [5.74, 6) is -0.282. The Kier molecular flexibility index (Phi) is 4.77. The molecule has 0 aliphatic heterocycles. The van der Waals surface area contributed by atoms with Crippen LogP contribution in [0, 0.1) is 0 Å². The number of hydrogen-bond acceptors (Lipinski definition) is 2. The Morgan fingerprint density at radius 2 is 1.88 bits per heavy atom.